The van der Waals surface area contributed by atoms with Crippen LogP contribution in [-0.4, -0.2) is 50.6 Å². The average Bonchev–Trinajstić information content (AvgIpc) is 2.36. The fraction of sp³-hybridized carbons (Fsp3) is 0.417. The zero-order chi connectivity index (χ0) is 14.0. The van der Waals surface area contributed by atoms with Crippen LogP contribution in [0.1, 0.15) is 10.4 Å². The third-order valence-corrected chi connectivity index (χ3v) is 4.90. The predicted molar refractivity (Wildman–Crippen MR) is 67.1 cm³/mol. The van der Waals surface area contributed by atoms with Crippen molar-refractivity contribution >= 4 is 16.0 Å². The van der Waals surface area contributed by atoms with Crippen LogP contribution in [0.5, 0.6) is 0 Å². The molecule has 0 radical (unpaired) electrons. The fourth-order valence-corrected chi connectivity index (χ4v) is 3.52. The highest BCUT2D eigenvalue weighted by molar-refractivity contribution is 7.89. The fourth-order valence-electron chi connectivity index (χ4n) is 1.88. The minimum absolute atomic E-state index is 0.00133. The summed E-state index contributed by atoms with van der Waals surface area (Å²) in [4.78, 5) is 11.4. The number of aliphatic hydroxyl groups is 1. The molecule has 1 N–H and O–H groups in total. The first kappa shape index (κ1) is 14.0. The number of hydrogen-bond donors (Lipinski definition) is 1. The van der Waals surface area contributed by atoms with E-state index in [2.05, 4.69) is 4.74 Å². The molecule has 0 amide bonds. The summed E-state index contributed by atoms with van der Waals surface area (Å²) in [5.74, 6) is -0.576. The number of hydrogen-bond acceptors (Lipinski definition) is 5. The molecule has 0 bridgehead atoms. The van der Waals surface area contributed by atoms with Crippen molar-refractivity contribution < 1.29 is 23.1 Å². The van der Waals surface area contributed by atoms with E-state index in [0.717, 1.165) is 0 Å². The number of benzene rings is 1. The van der Waals surface area contributed by atoms with Crippen molar-refractivity contribution in [2.24, 2.45) is 5.92 Å². The van der Waals surface area contributed by atoms with Crippen LogP contribution in [0.15, 0.2) is 29.2 Å². The van der Waals surface area contributed by atoms with Gasteiger partial charge in [-0.15, -0.1) is 0 Å². The Morgan fingerprint density at radius 2 is 2.16 bits per heavy atom. The molecule has 1 aliphatic heterocycles. The third kappa shape index (κ3) is 2.63. The molecular formula is C12H15NO5S. The SMILES string of the molecule is COC(=O)c1cccc(S(=O)(=O)N2CC(CO)C2)c1. The highest BCUT2D eigenvalue weighted by Crippen LogP contribution is 2.25. The van der Waals surface area contributed by atoms with Crippen LogP contribution in [0.3, 0.4) is 0 Å². The first-order chi connectivity index (χ1) is 8.98. The molecule has 6 nitrogen and oxygen atoms in total. The number of ether oxygens (including phenoxy) is 1. The zero-order valence-electron chi connectivity index (χ0n) is 10.4. The molecule has 7 heteroatoms. The lowest BCUT2D eigenvalue weighted by molar-refractivity contribution is 0.0600. The Kier molecular flexibility index (Phi) is 3.88. The van der Waals surface area contributed by atoms with Crippen molar-refractivity contribution in [2.75, 3.05) is 26.8 Å². The predicted octanol–water partition coefficient (Wildman–Crippen LogP) is 0.0860. The van der Waals surface area contributed by atoms with Gasteiger partial charge in [0.25, 0.3) is 0 Å². The van der Waals surface area contributed by atoms with Gasteiger partial charge >= 0.3 is 5.97 Å². The van der Waals surface area contributed by atoms with Gasteiger partial charge in [-0.3, -0.25) is 0 Å². The van der Waals surface area contributed by atoms with Crippen LogP contribution in [-0.2, 0) is 14.8 Å². The molecule has 1 fully saturated rings. The molecule has 0 saturated carbocycles. The van der Waals surface area contributed by atoms with E-state index in [1.807, 2.05) is 0 Å². The van der Waals surface area contributed by atoms with E-state index >= 15 is 0 Å². The van der Waals surface area contributed by atoms with E-state index in [1.54, 1.807) is 0 Å². The summed E-state index contributed by atoms with van der Waals surface area (Å²) in [6.07, 6.45) is 0. The number of methoxy groups -OCH3 is 1. The van der Waals surface area contributed by atoms with E-state index in [0.29, 0.717) is 13.1 Å². The summed E-state index contributed by atoms with van der Waals surface area (Å²) in [5, 5.41) is 8.91. The summed E-state index contributed by atoms with van der Waals surface area (Å²) in [5.41, 5.74) is 0.197. The molecule has 104 valence electrons. The Hall–Kier alpha value is -1.44. The van der Waals surface area contributed by atoms with E-state index in [1.165, 1.54) is 35.7 Å². The minimum atomic E-state index is -3.60. The molecule has 1 aromatic rings. The minimum Gasteiger partial charge on any atom is -0.465 e. The quantitative estimate of drug-likeness (QED) is 0.792. The van der Waals surface area contributed by atoms with E-state index in [9.17, 15) is 13.2 Å². The lowest BCUT2D eigenvalue weighted by Gasteiger charge is -2.36. The number of esters is 1. The molecule has 1 aliphatic rings. The highest BCUT2D eigenvalue weighted by atomic mass is 32.2. The van der Waals surface area contributed by atoms with Crippen LogP contribution >= 0.6 is 0 Å². The van der Waals surface area contributed by atoms with Crippen LogP contribution < -0.4 is 0 Å². The first-order valence-corrected chi connectivity index (χ1v) is 7.22. The normalized spacial score (nSPS) is 16.9. The van der Waals surface area contributed by atoms with E-state index in [4.69, 9.17) is 5.11 Å². The summed E-state index contributed by atoms with van der Waals surface area (Å²) < 4.78 is 30.3. The van der Waals surface area contributed by atoms with Crippen molar-refractivity contribution in [2.45, 2.75) is 4.90 Å². The van der Waals surface area contributed by atoms with Gasteiger partial charge in [0.15, 0.2) is 0 Å². The maximum Gasteiger partial charge on any atom is 0.337 e. The molecule has 2 rings (SSSR count). The Bertz CT molecular complexity index is 578. The molecule has 0 aliphatic carbocycles. The van der Waals surface area contributed by atoms with Crippen LogP contribution in [0.25, 0.3) is 0 Å². The number of aliphatic hydroxyl groups excluding tert-OH is 1. The molecule has 1 saturated heterocycles. The largest absolute Gasteiger partial charge is 0.465 e. The maximum atomic E-state index is 12.2. The van der Waals surface area contributed by atoms with Crippen LogP contribution in [0, 0.1) is 5.92 Å². The van der Waals surface area contributed by atoms with Gasteiger partial charge in [-0.1, -0.05) is 6.07 Å². The molecular weight excluding hydrogens is 270 g/mol. The van der Waals surface area contributed by atoms with Crippen molar-refractivity contribution in [3.63, 3.8) is 0 Å². The summed E-state index contributed by atoms with van der Waals surface area (Å²) >= 11 is 0. The topological polar surface area (TPSA) is 83.9 Å². The smallest absolute Gasteiger partial charge is 0.337 e. The van der Waals surface area contributed by atoms with Gasteiger partial charge in [0, 0.05) is 25.6 Å². The van der Waals surface area contributed by atoms with Gasteiger partial charge in [0.2, 0.25) is 10.0 Å². The average molecular weight is 285 g/mol. The Morgan fingerprint density at radius 1 is 1.47 bits per heavy atom. The van der Waals surface area contributed by atoms with Crippen molar-refractivity contribution in [3.05, 3.63) is 29.8 Å². The second-order valence-electron chi connectivity index (χ2n) is 4.39. The highest BCUT2D eigenvalue weighted by Gasteiger charge is 2.36. The second-order valence-corrected chi connectivity index (χ2v) is 6.33. The third-order valence-electron chi connectivity index (χ3n) is 3.07. The van der Waals surface area contributed by atoms with Crippen LogP contribution in [0.2, 0.25) is 0 Å². The number of sulfonamides is 1. The molecule has 0 aromatic heterocycles. The Labute approximate surface area is 111 Å². The van der Waals surface area contributed by atoms with Crippen molar-refractivity contribution in [1.29, 1.82) is 0 Å². The van der Waals surface area contributed by atoms with Crippen LogP contribution in [0.4, 0.5) is 0 Å². The number of carbonyl (C=O) groups excluding carboxylic acids is 1. The number of nitrogens with zero attached hydrogens (tertiary/aromatic N) is 1. The second kappa shape index (κ2) is 5.28. The van der Waals surface area contributed by atoms with E-state index < -0.39 is 16.0 Å². The number of carbonyl (C=O) groups is 1. The monoisotopic (exact) mass is 285 g/mol. The zero-order valence-corrected chi connectivity index (χ0v) is 11.3. The lowest BCUT2D eigenvalue weighted by Crippen LogP contribution is -2.51. The summed E-state index contributed by atoms with van der Waals surface area (Å²) in [6, 6.07) is 5.74. The Morgan fingerprint density at radius 3 is 2.74 bits per heavy atom. The molecule has 0 unspecified atom stereocenters. The number of rotatable bonds is 4. The van der Waals surface area contributed by atoms with Gasteiger partial charge in [-0.25, -0.2) is 13.2 Å². The molecule has 19 heavy (non-hydrogen) atoms. The summed E-state index contributed by atoms with van der Waals surface area (Å²) in [6.45, 7) is 0.594. The molecule has 1 aromatic carbocycles. The molecule has 0 spiro atoms. The standard InChI is InChI=1S/C12H15NO5S/c1-18-12(15)10-3-2-4-11(5-10)19(16,17)13-6-9(7-13)8-14/h2-5,9,14H,6-8H2,1H3. The van der Waals surface area contributed by atoms with Gasteiger partial charge in [0.1, 0.15) is 0 Å². The summed E-state index contributed by atoms with van der Waals surface area (Å²) in [7, 11) is -2.35. The van der Waals surface area contributed by atoms with Gasteiger partial charge in [-0.2, -0.15) is 4.31 Å². The lowest BCUT2D eigenvalue weighted by atomic mass is 10.1. The van der Waals surface area contributed by atoms with Gasteiger partial charge in [-0.05, 0) is 18.2 Å². The molecule has 1 heterocycles. The van der Waals surface area contributed by atoms with Crippen molar-refractivity contribution in [3.8, 4) is 0 Å². The van der Waals surface area contributed by atoms with Gasteiger partial charge in [0.05, 0.1) is 17.6 Å². The molecule has 0 atom stereocenters. The first-order valence-electron chi connectivity index (χ1n) is 5.78. The Balaban J connectivity index is 2.24. The van der Waals surface area contributed by atoms with Crippen molar-refractivity contribution in [1.82, 2.24) is 4.31 Å². The van der Waals surface area contributed by atoms with E-state index in [-0.39, 0.29) is 23.0 Å². The maximum absolute atomic E-state index is 12.2. The van der Waals surface area contributed by atoms with Gasteiger partial charge < -0.3 is 9.84 Å².